The second-order valence-corrected chi connectivity index (χ2v) is 4.48. The van der Waals surface area contributed by atoms with Crippen molar-refractivity contribution >= 4 is 17.7 Å². The third-order valence-electron chi connectivity index (χ3n) is 3.03. The standard InChI is InChI=1S/C16H19NO2/c1-3-7-15(18)17-14-11-10-12-8-5-6-9-13(12)16(14)19-4-2/h5-6,8-11,16H,3-4,7H2,1-2H3. The lowest BCUT2D eigenvalue weighted by molar-refractivity contribution is -0.117. The summed E-state index contributed by atoms with van der Waals surface area (Å²) < 4.78 is 5.77. The molecule has 0 radical (unpaired) electrons. The highest BCUT2D eigenvalue weighted by Gasteiger charge is 2.23. The zero-order chi connectivity index (χ0) is 13.7. The van der Waals surface area contributed by atoms with Crippen molar-refractivity contribution in [3.8, 4) is 0 Å². The Bertz CT molecular complexity index is 517. The summed E-state index contributed by atoms with van der Waals surface area (Å²) in [5.41, 5.74) is 2.91. The molecule has 2 rings (SSSR count). The quantitative estimate of drug-likeness (QED) is 0.827. The van der Waals surface area contributed by atoms with E-state index in [2.05, 4.69) is 4.99 Å². The van der Waals surface area contributed by atoms with Crippen LogP contribution < -0.4 is 0 Å². The molecule has 1 unspecified atom stereocenters. The molecule has 0 saturated carbocycles. The average Bonchev–Trinajstić information content (AvgIpc) is 2.42. The zero-order valence-electron chi connectivity index (χ0n) is 11.4. The van der Waals surface area contributed by atoms with Crippen LogP contribution in [0.4, 0.5) is 0 Å². The van der Waals surface area contributed by atoms with Crippen LogP contribution in [0.3, 0.4) is 0 Å². The van der Waals surface area contributed by atoms with Gasteiger partial charge in [-0.25, -0.2) is 4.99 Å². The number of rotatable bonds is 4. The number of aliphatic imine (C=N–C) groups is 1. The molecule has 1 amide bonds. The predicted molar refractivity (Wildman–Crippen MR) is 77.2 cm³/mol. The van der Waals surface area contributed by atoms with E-state index >= 15 is 0 Å². The Morgan fingerprint density at radius 1 is 1.26 bits per heavy atom. The van der Waals surface area contributed by atoms with Gasteiger partial charge in [0.05, 0.1) is 5.71 Å². The van der Waals surface area contributed by atoms with Gasteiger partial charge in [-0.3, -0.25) is 4.79 Å². The van der Waals surface area contributed by atoms with Gasteiger partial charge in [-0.15, -0.1) is 0 Å². The Morgan fingerprint density at radius 3 is 2.79 bits per heavy atom. The first kappa shape index (κ1) is 13.7. The third-order valence-corrected chi connectivity index (χ3v) is 3.03. The lowest BCUT2D eigenvalue weighted by atomic mass is 9.93. The van der Waals surface area contributed by atoms with Gasteiger partial charge in [-0.05, 0) is 30.5 Å². The van der Waals surface area contributed by atoms with Crippen molar-refractivity contribution in [2.45, 2.75) is 32.8 Å². The van der Waals surface area contributed by atoms with Gasteiger partial charge in [0.15, 0.2) is 0 Å². The van der Waals surface area contributed by atoms with E-state index in [-0.39, 0.29) is 12.0 Å². The van der Waals surface area contributed by atoms with Crippen molar-refractivity contribution in [3.05, 3.63) is 41.5 Å². The van der Waals surface area contributed by atoms with E-state index in [0.29, 0.717) is 18.7 Å². The Labute approximate surface area is 114 Å². The number of hydrogen-bond donors (Lipinski definition) is 0. The van der Waals surface area contributed by atoms with Crippen molar-refractivity contribution in [3.63, 3.8) is 0 Å². The Hall–Kier alpha value is -1.74. The third kappa shape index (κ3) is 3.18. The summed E-state index contributed by atoms with van der Waals surface area (Å²) in [7, 11) is 0. The molecular formula is C16H19NO2. The van der Waals surface area contributed by atoms with Gasteiger partial charge in [0.2, 0.25) is 5.91 Å². The SMILES string of the molecule is CCCC(=O)N=C1C=Cc2ccccc2C1OCC. The predicted octanol–water partition coefficient (Wildman–Crippen LogP) is 3.56. The number of fused-ring (bicyclic) bond motifs is 1. The molecule has 1 aliphatic rings. The van der Waals surface area contributed by atoms with Crippen LogP contribution in [0.1, 0.15) is 43.9 Å². The van der Waals surface area contributed by atoms with Gasteiger partial charge in [-0.2, -0.15) is 0 Å². The second kappa shape index (κ2) is 6.43. The smallest absolute Gasteiger partial charge is 0.245 e. The molecule has 1 atom stereocenters. The molecule has 100 valence electrons. The molecule has 1 aromatic carbocycles. The lowest BCUT2D eigenvalue weighted by Gasteiger charge is -2.23. The fourth-order valence-corrected chi connectivity index (χ4v) is 2.17. The second-order valence-electron chi connectivity index (χ2n) is 4.48. The maximum absolute atomic E-state index is 11.7. The van der Waals surface area contributed by atoms with E-state index in [9.17, 15) is 4.79 Å². The fourth-order valence-electron chi connectivity index (χ4n) is 2.17. The molecule has 1 aliphatic carbocycles. The summed E-state index contributed by atoms with van der Waals surface area (Å²) in [4.78, 5) is 15.9. The summed E-state index contributed by atoms with van der Waals surface area (Å²) >= 11 is 0. The molecule has 3 heteroatoms. The molecule has 19 heavy (non-hydrogen) atoms. The topological polar surface area (TPSA) is 38.7 Å². The van der Waals surface area contributed by atoms with Crippen LogP contribution in [-0.2, 0) is 9.53 Å². The highest BCUT2D eigenvalue weighted by atomic mass is 16.5. The van der Waals surface area contributed by atoms with Gasteiger partial charge < -0.3 is 4.74 Å². The normalized spacial score (nSPS) is 19.5. The van der Waals surface area contributed by atoms with Gasteiger partial charge in [-0.1, -0.05) is 37.3 Å². The van der Waals surface area contributed by atoms with Gasteiger partial charge >= 0.3 is 0 Å². The monoisotopic (exact) mass is 257 g/mol. The van der Waals surface area contributed by atoms with Crippen LogP contribution in [0.2, 0.25) is 0 Å². The summed E-state index contributed by atoms with van der Waals surface area (Å²) in [5, 5.41) is 0. The van der Waals surface area contributed by atoms with Gasteiger partial charge in [0.1, 0.15) is 6.10 Å². The minimum atomic E-state index is -0.230. The fraction of sp³-hybridized carbons (Fsp3) is 0.375. The molecule has 1 aromatic rings. The molecule has 0 aliphatic heterocycles. The minimum Gasteiger partial charge on any atom is -0.367 e. The van der Waals surface area contributed by atoms with Crippen LogP contribution in [0, 0.1) is 0 Å². The first-order chi connectivity index (χ1) is 9.26. The lowest BCUT2D eigenvalue weighted by Crippen LogP contribution is -2.19. The molecule has 3 nitrogen and oxygen atoms in total. The Morgan fingerprint density at radius 2 is 2.05 bits per heavy atom. The molecule has 0 spiro atoms. The first-order valence-electron chi connectivity index (χ1n) is 6.76. The van der Waals surface area contributed by atoms with Crippen LogP contribution >= 0.6 is 0 Å². The Kier molecular flexibility index (Phi) is 4.63. The Balaban J connectivity index is 2.34. The zero-order valence-corrected chi connectivity index (χ0v) is 11.4. The summed E-state index contributed by atoms with van der Waals surface area (Å²) in [6, 6.07) is 8.05. The van der Waals surface area contributed by atoms with E-state index in [4.69, 9.17) is 4.74 Å². The highest BCUT2D eigenvalue weighted by Crippen LogP contribution is 2.29. The van der Waals surface area contributed by atoms with Crippen molar-refractivity contribution in [2.75, 3.05) is 6.61 Å². The number of ether oxygens (including phenoxy) is 1. The van der Waals surface area contributed by atoms with Crippen molar-refractivity contribution in [2.24, 2.45) is 4.99 Å². The molecule has 0 N–H and O–H groups in total. The van der Waals surface area contributed by atoms with Crippen molar-refractivity contribution in [1.29, 1.82) is 0 Å². The molecule has 0 fully saturated rings. The van der Waals surface area contributed by atoms with Crippen molar-refractivity contribution in [1.82, 2.24) is 0 Å². The number of nitrogens with zero attached hydrogens (tertiary/aromatic N) is 1. The number of hydrogen-bond acceptors (Lipinski definition) is 2. The van der Waals surface area contributed by atoms with Crippen LogP contribution in [-0.4, -0.2) is 18.2 Å². The summed E-state index contributed by atoms with van der Waals surface area (Å²) in [5.74, 6) is -0.0776. The first-order valence-corrected chi connectivity index (χ1v) is 6.76. The minimum absolute atomic E-state index is 0.0776. The molecular weight excluding hydrogens is 238 g/mol. The van der Waals surface area contributed by atoms with Crippen molar-refractivity contribution < 1.29 is 9.53 Å². The van der Waals surface area contributed by atoms with E-state index in [0.717, 1.165) is 17.5 Å². The molecule has 0 aromatic heterocycles. The highest BCUT2D eigenvalue weighted by molar-refractivity contribution is 6.09. The molecule has 0 heterocycles. The largest absolute Gasteiger partial charge is 0.367 e. The number of carbonyl (C=O) groups excluding carboxylic acids is 1. The van der Waals surface area contributed by atoms with E-state index in [1.165, 1.54) is 0 Å². The summed E-state index contributed by atoms with van der Waals surface area (Å²) in [6.45, 7) is 4.52. The maximum atomic E-state index is 11.7. The van der Waals surface area contributed by atoms with Gasteiger partial charge in [0, 0.05) is 13.0 Å². The molecule has 0 saturated heterocycles. The number of amides is 1. The maximum Gasteiger partial charge on any atom is 0.245 e. The summed E-state index contributed by atoms with van der Waals surface area (Å²) in [6.07, 6.45) is 4.94. The van der Waals surface area contributed by atoms with E-state index in [1.807, 2.05) is 50.3 Å². The van der Waals surface area contributed by atoms with E-state index in [1.54, 1.807) is 0 Å². The van der Waals surface area contributed by atoms with Crippen LogP contribution in [0.5, 0.6) is 0 Å². The average molecular weight is 257 g/mol. The number of benzene rings is 1. The van der Waals surface area contributed by atoms with E-state index < -0.39 is 0 Å². The molecule has 0 bridgehead atoms. The van der Waals surface area contributed by atoms with Crippen LogP contribution in [0.25, 0.3) is 6.08 Å². The van der Waals surface area contributed by atoms with Crippen LogP contribution in [0.15, 0.2) is 35.3 Å². The number of carbonyl (C=O) groups is 1. The van der Waals surface area contributed by atoms with Gasteiger partial charge in [0.25, 0.3) is 0 Å².